The van der Waals surface area contributed by atoms with Crippen molar-refractivity contribution in [1.29, 1.82) is 0 Å². The first-order valence-corrected chi connectivity index (χ1v) is 5.26. The Morgan fingerprint density at radius 2 is 2.00 bits per heavy atom. The highest BCUT2D eigenvalue weighted by molar-refractivity contribution is 5.81. The van der Waals surface area contributed by atoms with Gasteiger partial charge in [-0.3, -0.25) is 4.79 Å². The number of H-pyrrole nitrogens is 1. The van der Waals surface area contributed by atoms with Crippen LogP contribution in [0.4, 0.5) is 0 Å². The second kappa shape index (κ2) is 3.55. The Morgan fingerprint density at radius 3 is 2.76 bits per heavy atom. The van der Waals surface area contributed by atoms with Gasteiger partial charge in [0.1, 0.15) is 5.52 Å². The van der Waals surface area contributed by atoms with Crippen LogP contribution in [0.5, 0.6) is 0 Å². The number of hydrogen-bond donors (Lipinski definition) is 1. The molecule has 0 radical (unpaired) electrons. The Morgan fingerprint density at radius 1 is 1.24 bits per heavy atom. The van der Waals surface area contributed by atoms with Gasteiger partial charge in [-0.05, 0) is 19.1 Å². The summed E-state index contributed by atoms with van der Waals surface area (Å²) in [7, 11) is 0. The van der Waals surface area contributed by atoms with Crippen LogP contribution in [-0.4, -0.2) is 20.0 Å². The molecule has 0 unspecified atom stereocenters. The highest BCUT2D eigenvalue weighted by Crippen LogP contribution is 2.15. The van der Waals surface area contributed by atoms with Gasteiger partial charge in [0.05, 0.1) is 17.6 Å². The molecule has 0 saturated heterocycles. The average molecular weight is 226 g/mol. The minimum Gasteiger partial charge on any atom is -0.266 e. The predicted octanol–water partition coefficient (Wildman–Crippen LogP) is 1.42. The van der Waals surface area contributed by atoms with Gasteiger partial charge in [0.2, 0.25) is 0 Å². The number of benzene rings is 1. The lowest BCUT2D eigenvalue weighted by molar-refractivity contribution is 0.892. The molecule has 0 spiro atoms. The van der Waals surface area contributed by atoms with E-state index >= 15 is 0 Å². The maximum atomic E-state index is 11.8. The summed E-state index contributed by atoms with van der Waals surface area (Å²) in [4.78, 5) is 11.8. The molecule has 0 saturated carbocycles. The van der Waals surface area contributed by atoms with Crippen molar-refractivity contribution in [3.63, 3.8) is 0 Å². The van der Waals surface area contributed by atoms with Gasteiger partial charge < -0.3 is 0 Å². The molecule has 5 heteroatoms. The molecular formula is C12H10N4O. The fourth-order valence-corrected chi connectivity index (χ4v) is 1.84. The van der Waals surface area contributed by atoms with Crippen LogP contribution in [0.15, 0.2) is 41.3 Å². The normalized spacial score (nSPS) is 10.9. The van der Waals surface area contributed by atoms with Crippen molar-refractivity contribution in [2.75, 3.05) is 0 Å². The zero-order valence-electron chi connectivity index (χ0n) is 9.21. The molecule has 0 amide bonds. The van der Waals surface area contributed by atoms with Crippen LogP contribution in [0, 0.1) is 6.92 Å². The molecule has 0 aliphatic rings. The predicted molar refractivity (Wildman–Crippen MR) is 64.2 cm³/mol. The lowest BCUT2D eigenvalue weighted by Crippen LogP contribution is -2.13. The van der Waals surface area contributed by atoms with E-state index in [1.54, 1.807) is 10.9 Å². The highest BCUT2D eigenvalue weighted by Gasteiger charge is 2.10. The fourth-order valence-electron chi connectivity index (χ4n) is 1.84. The van der Waals surface area contributed by atoms with E-state index in [9.17, 15) is 4.79 Å². The molecule has 1 N–H and O–H groups in total. The molecule has 0 fully saturated rings. The van der Waals surface area contributed by atoms with E-state index in [-0.39, 0.29) is 5.56 Å². The Balaban J connectivity index is 2.40. The van der Waals surface area contributed by atoms with Crippen molar-refractivity contribution in [2.24, 2.45) is 0 Å². The first kappa shape index (κ1) is 9.77. The van der Waals surface area contributed by atoms with E-state index in [2.05, 4.69) is 15.3 Å². The van der Waals surface area contributed by atoms with E-state index in [1.165, 1.54) is 0 Å². The van der Waals surface area contributed by atoms with E-state index in [4.69, 9.17) is 0 Å². The quantitative estimate of drug-likeness (QED) is 0.682. The second-order valence-corrected chi connectivity index (χ2v) is 3.79. The van der Waals surface area contributed by atoms with Crippen LogP contribution in [0.3, 0.4) is 0 Å². The van der Waals surface area contributed by atoms with Crippen LogP contribution >= 0.6 is 0 Å². The summed E-state index contributed by atoms with van der Waals surface area (Å²) in [6.07, 6.45) is 1.67. The van der Waals surface area contributed by atoms with Gasteiger partial charge in [0, 0.05) is 5.39 Å². The standard InChI is InChI=1S/C12H10N4O/c1-8-10-7-13-16(9-5-3-2-4-6-9)11(10)12(17)15-14-8/h2-7H,1H3,(H,15,17). The van der Waals surface area contributed by atoms with Crippen LogP contribution in [-0.2, 0) is 0 Å². The van der Waals surface area contributed by atoms with E-state index < -0.39 is 0 Å². The lowest BCUT2D eigenvalue weighted by atomic mass is 10.3. The van der Waals surface area contributed by atoms with Gasteiger partial charge >= 0.3 is 0 Å². The van der Waals surface area contributed by atoms with Crippen LogP contribution in [0.2, 0.25) is 0 Å². The van der Waals surface area contributed by atoms with Crippen molar-refractivity contribution < 1.29 is 0 Å². The number of nitrogens with one attached hydrogen (secondary N) is 1. The molecule has 84 valence electrons. The first-order valence-electron chi connectivity index (χ1n) is 5.26. The summed E-state index contributed by atoms with van der Waals surface area (Å²) >= 11 is 0. The summed E-state index contributed by atoms with van der Waals surface area (Å²) < 4.78 is 1.63. The van der Waals surface area contributed by atoms with Crippen molar-refractivity contribution in [2.45, 2.75) is 6.92 Å². The number of hydrogen-bond acceptors (Lipinski definition) is 3. The summed E-state index contributed by atoms with van der Waals surface area (Å²) in [5.41, 5.74) is 1.93. The van der Waals surface area contributed by atoms with Gasteiger partial charge in [0.25, 0.3) is 5.56 Å². The maximum Gasteiger partial charge on any atom is 0.290 e. The molecule has 0 aliphatic carbocycles. The molecule has 1 aromatic carbocycles. The Kier molecular flexibility index (Phi) is 2.04. The van der Waals surface area contributed by atoms with Gasteiger partial charge in [0.15, 0.2) is 0 Å². The summed E-state index contributed by atoms with van der Waals surface area (Å²) in [6.45, 7) is 1.84. The SMILES string of the molecule is Cc1n[nH]c(=O)c2c1cnn2-c1ccccc1. The molecule has 17 heavy (non-hydrogen) atoms. The minimum absolute atomic E-state index is 0.230. The number of fused-ring (bicyclic) bond motifs is 1. The summed E-state index contributed by atoms with van der Waals surface area (Å²) in [5, 5.41) is 11.4. The summed E-state index contributed by atoms with van der Waals surface area (Å²) in [6, 6.07) is 9.55. The Bertz CT molecular complexity index is 727. The largest absolute Gasteiger partial charge is 0.290 e. The van der Waals surface area contributed by atoms with Crippen molar-refractivity contribution in [1.82, 2.24) is 20.0 Å². The van der Waals surface area contributed by atoms with Crippen molar-refractivity contribution in [3.8, 4) is 5.69 Å². The highest BCUT2D eigenvalue weighted by atomic mass is 16.1. The molecule has 0 atom stereocenters. The molecule has 0 aliphatic heterocycles. The van der Waals surface area contributed by atoms with Crippen LogP contribution in [0.1, 0.15) is 5.69 Å². The van der Waals surface area contributed by atoms with E-state index in [0.717, 1.165) is 16.8 Å². The lowest BCUT2D eigenvalue weighted by Gasteiger charge is -2.02. The number of para-hydroxylation sites is 1. The van der Waals surface area contributed by atoms with E-state index in [0.29, 0.717) is 5.52 Å². The summed E-state index contributed by atoms with van der Waals surface area (Å²) in [5.74, 6) is 0. The van der Waals surface area contributed by atoms with Gasteiger partial charge in [-0.1, -0.05) is 18.2 Å². The molecule has 0 bridgehead atoms. The van der Waals surface area contributed by atoms with Crippen molar-refractivity contribution >= 4 is 10.9 Å². The average Bonchev–Trinajstić information content (AvgIpc) is 2.81. The van der Waals surface area contributed by atoms with Gasteiger partial charge in [-0.2, -0.15) is 10.2 Å². The fraction of sp³-hybridized carbons (Fsp3) is 0.0833. The minimum atomic E-state index is -0.230. The number of aromatic amines is 1. The first-order chi connectivity index (χ1) is 8.27. The Hall–Kier alpha value is -2.43. The molecular weight excluding hydrogens is 216 g/mol. The topological polar surface area (TPSA) is 63.6 Å². The van der Waals surface area contributed by atoms with E-state index in [1.807, 2.05) is 37.3 Å². The zero-order valence-corrected chi connectivity index (χ0v) is 9.21. The number of aromatic nitrogens is 4. The molecule has 3 rings (SSSR count). The van der Waals surface area contributed by atoms with Gasteiger partial charge in [-0.15, -0.1) is 0 Å². The van der Waals surface area contributed by atoms with Gasteiger partial charge in [-0.25, -0.2) is 9.78 Å². The monoisotopic (exact) mass is 226 g/mol. The smallest absolute Gasteiger partial charge is 0.266 e. The third kappa shape index (κ3) is 1.44. The number of aryl methyl sites for hydroxylation is 1. The molecule has 3 aromatic rings. The number of nitrogens with zero attached hydrogens (tertiary/aromatic N) is 3. The van der Waals surface area contributed by atoms with Crippen molar-refractivity contribution in [3.05, 3.63) is 52.6 Å². The number of rotatable bonds is 1. The van der Waals surface area contributed by atoms with Crippen LogP contribution < -0.4 is 5.56 Å². The second-order valence-electron chi connectivity index (χ2n) is 3.79. The maximum absolute atomic E-state index is 11.8. The third-order valence-corrected chi connectivity index (χ3v) is 2.70. The third-order valence-electron chi connectivity index (χ3n) is 2.70. The Labute approximate surface area is 96.7 Å². The van der Waals surface area contributed by atoms with Crippen LogP contribution in [0.25, 0.3) is 16.6 Å². The molecule has 2 heterocycles. The molecule has 2 aromatic heterocycles. The molecule has 5 nitrogen and oxygen atoms in total. The zero-order chi connectivity index (χ0) is 11.8.